The molecule has 0 aromatic carbocycles. The van der Waals surface area contributed by atoms with Crippen molar-refractivity contribution in [2.24, 2.45) is 16.7 Å². The van der Waals surface area contributed by atoms with Crippen LogP contribution in [0.4, 0.5) is 0 Å². The molecule has 0 aliphatic rings. The van der Waals surface area contributed by atoms with Gasteiger partial charge in [-0.3, -0.25) is 4.18 Å². The summed E-state index contributed by atoms with van der Waals surface area (Å²) in [6.07, 6.45) is 3.82. The van der Waals surface area contributed by atoms with Gasteiger partial charge in [0.2, 0.25) is 0 Å². The molecule has 1 unspecified atom stereocenters. The highest BCUT2D eigenvalue weighted by atomic mass is 32.2. The van der Waals surface area contributed by atoms with Gasteiger partial charge in [0, 0.05) is 14.2 Å². The molecule has 6 heteroatoms. The van der Waals surface area contributed by atoms with Crippen molar-refractivity contribution in [2.75, 3.05) is 40.3 Å². The lowest BCUT2D eigenvalue weighted by Crippen LogP contribution is -2.27. The van der Waals surface area contributed by atoms with Crippen LogP contribution in [0.25, 0.3) is 0 Å². The second-order valence-corrected chi connectivity index (χ2v) is 9.44. The lowest BCUT2D eigenvalue weighted by atomic mass is 9.78. The summed E-state index contributed by atoms with van der Waals surface area (Å²) in [5.74, 6) is 0.177. The Kier molecular flexibility index (Phi) is 9.13. The average Bonchev–Trinajstić information content (AvgIpc) is 2.31. The highest BCUT2D eigenvalue weighted by molar-refractivity contribution is 7.85. The summed E-state index contributed by atoms with van der Waals surface area (Å²) in [5, 5.41) is 0. The van der Waals surface area contributed by atoms with Gasteiger partial charge in [-0.05, 0) is 36.0 Å². The predicted molar refractivity (Wildman–Crippen MR) is 89.5 cm³/mol. The molecule has 0 heterocycles. The van der Waals surface area contributed by atoms with E-state index < -0.39 is 10.1 Å². The summed E-state index contributed by atoms with van der Waals surface area (Å²) in [6.45, 7) is 10.1. The lowest BCUT2D eigenvalue weighted by molar-refractivity contribution is 0.0623. The van der Waals surface area contributed by atoms with E-state index in [-0.39, 0.29) is 23.4 Å². The average molecular weight is 339 g/mol. The highest BCUT2D eigenvalue weighted by Crippen LogP contribution is 2.32. The molecule has 0 saturated heterocycles. The number of methoxy groups -OCH3 is 2. The Morgan fingerprint density at radius 1 is 0.955 bits per heavy atom. The van der Waals surface area contributed by atoms with Gasteiger partial charge in [0.1, 0.15) is 0 Å². The minimum Gasteiger partial charge on any atom is -0.384 e. The molecule has 0 rings (SSSR count). The largest absolute Gasteiger partial charge is 0.384 e. The molecule has 134 valence electrons. The Morgan fingerprint density at radius 2 is 1.45 bits per heavy atom. The molecule has 0 amide bonds. The predicted octanol–water partition coefficient (Wildman–Crippen LogP) is 3.09. The number of ether oxygens (including phenoxy) is 2. The van der Waals surface area contributed by atoms with E-state index in [0.717, 1.165) is 25.5 Å². The summed E-state index contributed by atoms with van der Waals surface area (Å²) < 4.78 is 38.1. The van der Waals surface area contributed by atoms with Crippen molar-refractivity contribution in [3.05, 3.63) is 0 Å². The van der Waals surface area contributed by atoms with Crippen LogP contribution in [-0.2, 0) is 23.8 Å². The molecule has 0 aromatic rings. The highest BCUT2D eigenvalue weighted by Gasteiger charge is 2.27. The summed E-state index contributed by atoms with van der Waals surface area (Å²) in [4.78, 5) is 0. The first-order valence-corrected chi connectivity index (χ1v) is 9.55. The molecule has 0 N–H and O–H groups in total. The van der Waals surface area contributed by atoms with Crippen LogP contribution in [0.1, 0.15) is 47.0 Å². The van der Waals surface area contributed by atoms with E-state index in [4.69, 9.17) is 13.7 Å². The third kappa shape index (κ3) is 11.4. The molecule has 5 nitrogen and oxygen atoms in total. The molecule has 0 aliphatic carbocycles. The maximum absolute atomic E-state index is 11.3. The monoisotopic (exact) mass is 338 g/mol. The second kappa shape index (κ2) is 9.21. The van der Waals surface area contributed by atoms with Gasteiger partial charge < -0.3 is 9.47 Å². The molecule has 0 spiro atoms. The molecule has 0 saturated carbocycles. The van der Waals surface area contributed by atoms with E-state index >= 15 is 0 Å². The van der Waals surface area contributed by atoms with E-state index in [1.807, 2.05) is 0 Å². The fourth-order valence-electron chi connectivity index (χ4n) is 2.75. The topological polar surface area (TPSA) is 61.8 Å². The first-order valence-electron chi connectivity index (χ1n) is 7.73. The van der Waals surface area contributed by atoms with Crippen molar-refractivity contribution in [1.82, 2.24) is 0 Å². The molecule has 0 bridgehead atoms. The Labute approximate surface area is 136 Å². The Balaban J connectivity index is 4.71. The van der Waals surface area contributed by atoms with Gasteiger partial charge in [-0.2, -0.15) is 8.42 Å². The summed E-state index contributed by atoms with van der Waals surface area (Å²) in [5.41, 5.74) is 0.0647. The minimum absolute atomic E-state index is 0.00825. The Morgan fingerprint density at radius 3 is 1.91 bits per heavy atom. The zero-order chi connectivity index (χ0) is 17.4. The fourth-order valence-corrected chi connectivity index (χ4v) is 3.19. The van der Waals surface area contributed by atoms with Crippen molar-refractivity contribution < 1.29 is 22.1 Å². The molecular formula is C16H34O5S. The zero-order valence-corrected chi connectivity index (χ0v) is 16.1. The van der Waals surface area contributed by atoms with Crippen LogP contribution in [0.15, 0.2) is 0 Å². The molecule has 0 fully saturated rings. The van der Waals surface area contributed by atoms with Crippen LogP contribution < -0.4 is 0 Å². The van der Waals surface area contributed by atoms with Crippen molar-refractivity contribution in [1.29, 1.82) is 0 Å². The third-order valence-electron chi connectivity index (χ3n) is 3.66. The third-order valence-corrected chi connectivity index (χ3v) is 4.22. The van der Waals surface area contributed by atoms with Crippen molar-refractivity contribution in [2.45, 2.75) is 47.0 Å². The summed E-state index contributed by atoms with van der Waals surface area (Å²) >= 11 is 0. The van der Waals surface area contributed by atoms with Gasteiger partial charge in [-0.25, -0.2) is 0 Å². The van der Waals surface area contributed by atoms with Gasteiger partial charge in [0.15, 0.2) is 0 Å². The lowest BCUT2D eigenvalue weighted by Gasteiger charge is -2.31. The molecule has 1 atom stereocenters. The van der Waals surface area contributed by atoms with E-state index in [9.17, 15) is 8.42 Å². The van der Waals surface area contributed by atoms with Crippen LogP contribution >= 0.6 is 0 Å². The van der Waals surface area contributed by atoms with Crippen LogP contribution in [0.2, 0.25) is 0 Å². The fraction of sp³-hybridized carbons (Fsp3) is 1.00. The van der Waals surface area contributed by atoms with Crippen LogP contribution in [0.5, 0.6) is 0 Å². The standard InChI is InChI=1S/C16H34O5S/c1-15(2,12-19-5)9-8-14(11-21-22(7,17)18)10-16(3,4)13-20-6/h14H,8-13H2,1-7H3. The SMILES string of the molecule is COCC(C)(C)CCC(COS(C)(=O)=O)CC(C)(C)COC. The van der Waals surface area contributed by atoms with Crippen LogP contribution in [0.3, 0.4) is 0 Å². The van der Waals surface area contributed by atoms with E-state index in [1.54, 1.807) is 14.2 Å². The maximum Gasteiger partial charge on any atom is 0.264 e. The van der Waals surface area contributed by atoms with Crippen molar-refractivity contribution in [3.8, 4) is 0 Å². The van der Waals surface area contributed by atoms with E-state index in [1.165, 1.54) is 0 Å². The molecule has 0 aromatic heterocycles. The number of rotatable bonds is 12. The van der Waals surface area contributed by atoms with Crippen LogP contribution in [-0.4, -0.2) is 48.7 Å². The minimum atomic E-state index is -3.41. The number of hydrogen-bond acceptors (Lipinski definition) is 5. The van der Waals surface area contributed by atoms with Crippen LogP contribution in [0, 0.1) is 16.7 Å². The van der Waals surface area contributed by atoms with Gasteiger partial charge in [0.05, 0.1) is 26.1 Å². The quantitative estimate of drug-likeness (QED) is 0.512. The summed E-state index contributed by atoms with van der Waals surface area (Å²) in [6, 6.07) is 0. The Bertz CT molecular complexity index is 401. The van der Waals surface area contributed by atoms with Gasteiger partial charge >= 0.3 is 0 Å². The smallest absolute Gasteiger partial charge is 0.264 e. The Hall–Kier alpha value is -0.170. The zero-order valence-electron chi connectivity index (χ0n) is 15.3. The summed E-state index contributed by atoms with van der Waals surface area (Å²) in [7, 11) is -0.0190. The maximum atomic E-state index is 11.3. The number of hydrogen-bond donors (Lipinski definition) is 0. The van der Waals surface area contributed by atoms with E-state index in [0.29, 0.717) is 13.2 Å². The molecule has 0 radical (unpaired) electrons. The second-order valence-electron chi connectivity index (χ2n) is 7.79. The normalized spacial score (nSPS) is 15.0. The molecule has 22 heavy (non-hydrogen) atoms. The molecular weight excluding hydrogens is 304 g/mol. The van der Waals surface area contributed by atoms with Gasteiger partial charge in [-0.1, -0.05) is 27.7 Å². The van der Waals surface area contributed by atoms with Crippen molar-refractivity contribution in [3.63, 3.8) is 0 Å². The van der Waals surface area contributed by atoms with Crippen molar-refractivity contribution >= 4 is 10.1 Å². The van der Waals surface area contributed by atoms with E-state index in [2.05, 4.69) is 27.7 Å². The van der Waals surface area contributed by atoms with Gasteiger partial charge in [0.25, 0.3) is 10.1 Å². The molecule has 0 aliphatic heterocycles. The first-order chi connectivity index (χ1) is 9.91. The first kappa shape index (κ1) is 21.8. The van der Waals surface area contributed by atoms with Gasteiger partial charge in [-0.15, -0.1) is 0 Å².